The van der Waals surface area contributed by atoms with Crippen molar-refractivity contribution in [3.63, 3.8) is 0 Å². The molecule has 2 aliphatic heterocycles. The van der Waals surface area contributed by atoms with Crippen LogP contribution in [0.4, 0.5) is 5.69 Å². The van der Waals surface area contributed by atoms with Crippen molar-refractivity contribution in [2.45, 2.75) is 32.6 Å². The zero-order valence-corrected chi connectivity index (χ0v) is 17.0. The second-order valence-corrected chi connectivity index (χ2v) is 8.07. The van der Waals surface area contributed by atoms with Gasteiger partial charge in [-0.1, -0.05) is 53.6 Å². The molecule has 0 fully saturated rings. The van der Waals surface area contributed by atoms with Crippen molar-refractivity contribution in [1.82, 2.24) is 4.90 Å². The van der Waals surface area contributed by atoms with Gasteiger partial charge in [0.05, 0.1) is 10.7 Å². The smallest absolute Gasteiger partial charge is 0.170 e. The van der Waals surface area contributed by atoms with Gasteiger partial charge in [-0.05, 0) is 56.0 Å². The number of hydrogen-bond donors (Lipinski definition) is 0. The second kappa shape index (κ2) is 8.42. The predicted molar refractivity (Wildman–Crippen MR) is 117 cm³/mol. The number of hydrogen-bond acceptors (Lipinski definition) is 3. The summed E-state index contributed by atoms with van der Waals surface area (Å²) in [6, 6.07) is 14.2. The van der Waals surface area contributed by atoms with Gasteiger partial charge in [0.1, 0.15) is 0 Å². The average Bonchev–Trinajstić information content (AvgIpc) is 2.70. The molecule has 2 aliphatic rings. The fourth-order valence-corrected chi connectivity index (χ4v) is 4.14. The van der Waals surface area contributed by atoms with Crippen LogP contribution >= 0.6 is 11.6 Å². The first-order valence-corrected chi connectivity index (χ1v) is 10.3. The maximum absolute atomic E-state index is 12.3. The topological polar surface area (TPSA) is 32.7 Å². The van der Waals surface area contributed by atoms with Gasteiger partial charge in [0.2, 0.25) is 0 Å². The van der Waals surface area contributed by atoms with Crippen molar-refractivity contribution in [2.24, 2.45) is 4.99 Å². The summed E-state index contributed by atoms with van der Waals surface area (Å²) in [7, 11) is 0. The van der Waals surface area contributed by atoms with Crippen molar-refractivity contribution in [3.05, 3.63) is 70.3 Å². The van der Waals surface area contributed by atoms with Crippen molar-refractivity contribution < 1.29 is 4.79 Å². The zero-order chi connectivity index (χ0) is 19.5. The van der Waals surface area contributed by atoms with Crippen LogP contribution in [0.25, 0.3) is 5.57 Å². The van der Waals surface area contributed by atoms with Gasteiger partial charge in [-0.2, -0.15) is 0 Å². The number of carbonyl (C=O) groups excluding carboxylic acids is 1. The number of para-hydroxylation sites is 1. The summed E-state index contributed by atoms with van der Waals surface area (Å²) in [4.78, 5) is 19.5. The fourth-order valence-electron chi connectivity index (χ4n) is 3.93. The Morgan fingerprint density at radius 2 is 1.96 bits per heavy atom. The molecule has 0 spiro atoms. The van der Waals surface area contributed by atoms with Crippen LogP contribution in [0, 0.1) is 6.92 Å². The molecule has 2 aromatic rings. The zero-order valence-electron chi connectivity index (χ0n) is 16.2. The lowest BCUT2D eigenvalue weighted by atomic mass is 9.97. The first-order chi connectivity index (χ1) is 13.6. The Labute approximate surface area is 171 Å². The molecule has 0 atom stereocenters. The first-order valence-electron chi connectivity index (χ1n) is 9.97. The second-order valence-electron chi connectivity index (χ2n) is 7.66. The number of aliphatic imine (C=N–C) groups is 1. The predicted octanol–water partition coefficient (Wildman–Crippen LogP) is 5.88. The minimum absolute atomic E-state index is 0.131. The molecule has 0 unspecified atom stereocenters. The van der Waals surface area contributed by atoms with Gasteiger partial charge in [0, 0.05) is 30.8 Å². The summed E-state index contributed by atoms with van der Waals surface area (Å²) in [6.45, 7) is 5.22. The minimum Gasteiger partial charge on any atom is -0.299 e. The molecule has 0 radical (unpaired) electrons. The minimum atomic E-state index is 0.131. The quantitative estimate of drug-likeness (QED) is 0.636. The van der Waals surface area contributed by atoms with Gasteiger partial charge in [-0.15, -0.1) is 0 Å². The molecule has 144 valence electrons. The van der Waals surface area contributed by atoms with E-state index >= 15 is 0 Å². The molecule has 0 aromatic heterocycles. The first kappa shape index (κ1) is 19.1. The summed E-state index contributed by atoms with van der Waals surface area (Å²) < 4.78 is 0. The highest BCUT2D eigenvalue weighted by atomic mass is 35.5. The average molecular weight is 393 g/mol. The Hall–Kier alpha value is -2.23. The van der Waals surface area contributed by atoms with Gasteiger partial charge in [-0.3, -0.25) is 14.7 Å². The summed E-state index contributed by atoms with van der Waals surface area (Å²) in [5.41, 5.74) is 6.36. The van der Waals surface area contributed by atoms with E-state index in [-0.39, 0.29) is 5.78 Å². The normalized spacial score (nSPS) is 17.1. The van der Waals surface area contributed by atoms with Crippen LogP contribution in [0.1, 0.15) is 47.2 Å². The fraction of sp³-hybridized carbons (Fsp3) is 0.333. The SMILES string of the molecule is Cc1ccc(C2=CCN(CCCC3=Nc4c(Cl)cccc4C(=O)C3)CC2)cc1. The van der Waals surface area contributed by atoms with E-state index in [4.69, 9.17) is 11.6 Å². The van der Waals surface area contributed by atoms with Crippen LogP contribution in [0.5, 0.6) is 0 Å². The van der Waals surface area contributed by atoms with Crippen LogP contribution in [-0.4, -0.2) is 36.0 Å². The number of aryl methyl sites for hydroxylation is 1. The number of benzene rings is 2. The summed E-state index contributed by atoms with van der Waals surface area (Å²) in [5.74, 6) is 0.131. The highest BCUT2D eigenvalue weighted by molar-refractivity contribution is 6.34. The number of Topliss-reactive ketones (excluding diaryl/α,β-unsaturated/α-hetero) is 1. The largest absolute Gasteiger partial charge is 0.299 e. The molecule has 2 aromatic carbocycles. The van der Waals surface area contributed by atoms with Crippen LogP contribution in [0.2, 0.25) is 5.02 Å². The van der Waals surface area contributed by atoms with Gasteiger partial charge in [0.25, 0.3) is 0 Å². The van der Waals surface area contributed by atoms with E-state index in [0.717, 1.165) is 44.6 Å². The Bertz CT molecular complexity index is 944. The summed E-state index contributed by atoms with van der Waals surface area (Å²) in [6.07, 6.45) is 5.73. The monoisotopic (exact) mass is 392 g/mol. The highest BCUT2D eigenvalue weighted by Gasteiger charge is 2.21. The lowest BCUT2D eigenvalue weighted by molar-refractivity contribution is 0.0999. The van der Waals surface area contributed by atoms with Crippen LogP contribution in [0.3, 0.4) is 0 Å². The van der Waals surface area contributed by atoms with E-state index in [9.17, 15) is 4.79 Å². The number of rotatable bonds is 5. The summed E-state index contributed by atoms with van der Waals surface area (Å²) >= 11 is 6.23. The van der Waals surface area contributed by atoms with Gasteiger partial charge < -0.3 is 0 Å². The van der Waals surface area contributed by atoms with Crippen LogP contribution in [0.15, 0.2) is 53.5 Å². The van der Waals surface area contributed by atoms with E-state index < -0.39 is 0 Å². The standard InChI is InChI=1S/C24H25ClN2O/c1-17-7-9-18(10-8-17)19-11-14-27(15-12-19)13-3-4-20-16-23(28)21-5-2-6-22(25)24(21)26-20/h2,5-11H,3-4,12-16H2,1H3. The van der Waals surface area contributed by atoms with Gasteiger partial charge in [0.15, 0.2) is 5.78 Å². The number of ketones is 1. The van der Waals surface area contributed by atoms with Crippen LogP contribution in [-0.2, 0) is 0 Å². The van der Waals surface area contributed by atoms with Crippen molar-refractivity contribution in [3.8, 4) is 0 Å². The molecule has 0 saturated heterocycles. The molecular formula is C24H25ClN2O. The van der Waals surface area contributed by atoms with Crippen molar-refractivity contribution in [2.75, 3.05) is 19.6 Å². The van der Waals surface area contributed by atoms with E-state index in [2.05, 4.69) is 47.2 Å². The molecule has 0 saturated carbocycles. The number of fused-ring (bicyclic) bond motifs is 1. The molecule has 3 nitrogen and oxygen atoms in total. The molecule has 0 bridgehead atoms. The summed E-state index contributed by atoms with van der Waals surface area (Å²) in [5, 5.41) is 0.563. The van der Waals surface area contributed by atoms with E-state index in [1.54, 1.807) is 6.07 Å². The molecule has 4 heteroatoms. The molecule has 0 N–H and O–H groups in total. The third kappa shape index (κ3) is 4.26. The van der Waals surface area contributed by atoms with Crippen LogP contribution < -0.4 is 0 Å². The Kier molecular flexibility index (Phi) is 5.74. The van der Waals surface area contributed by atoms with Crippen molar-refractivity contribution in [1.29, 1.82) is 0 Å². The van der Waals surface area contributed by atoms with E-state index in [1.807, 2.05) is 12.1 Å². The molecule has 0 amide bonds. The lowest BCUT2D eigenvalue weighted by Crippen LogP contribution is -2.30. The van der Waals surface area contributed by atoms with E-state index in [0.29, 0.717) is 22.7 Å². The third-order valence-corrected chi connectivity index (χ3v) is 5.88. The molecule has 0 aliphatic carbocycles. The van der Waals surface area contributed by atoms with Gasteiger partial charge in [-0.25, -0.2) is 0 Å². The number of carbonyl (C=O) groups is 1. The van der Waals surface area contributed by atoms with E-state index in [1.165, 1.54) is 16.7 Å². The Morgan fingerprint density at radius 1 is 1.14 bits per heavy atom. The maximum atomic E-state index is 12.3. The third-order valence-electron chi connectivity index (χ3n) is 5.58. The Morgan fingerprint density at radius 3 is 2.71 bits per heavy atom. The molecule has 4 rings (SSSR count). The number of nitrogens with zero attached hydrogens (tertiary/aromatic N) is 2. The maximum Gasteiger partial charge on any atom is 0.170 e. The lowest BCUT2D eigenvalue weighted by Gasteiger charge is -2.26. The Balaban J connectivity index is 1.31. The van der Waals surface area contributed by atoms with Crippen molar-refractivity contribution >= 4 is 34.4 Å². The molecule has 2 heterocycles. The number of halogens is 1. The molecule has 28 heavy (non-hydrogen) atoms. The highest BCUT2D eigenvalue weighted by Crippen LogP contribution is 2.34. The van der Waals surface area contributed by atoms with Gasteiger partial charge >= 0.3 is 0 Å². The molecular weight excluding hydrogens is 368 g/mol.